The summed E-state index contributed by atoms with van der Waals surface area (Å²) in [5.74, 6) is -1.14. The van der Waals surface area contributed by atoms with E-state index in [2.05, 4.69) is 9.99 Å². The van der Waals surface area contributed by atoms with Gasteiger partial charge in [-0.25, -0.2) is 4.79 Å². The lowest BCUT2D eigenvalue weighted by Gasteiger charge is -1.98. The average Bonchev–Trinajstić information content (AvgIpc) is 2.78. The van der Waals surface area contributed by atoms with Crippen LogP contribution in [0.25, 0.3) is 10.8 Å². The van der Waals surface area contributed by atoms with Gasteiger partial charge in [-0.3, -0.25) is 4.79 Å². The Kier molecular flexibility index (Phi) is 3.69. The number of carboxylic acid groups (broad SMARTS) is 1. The van der Waals surface area contributed by atoms with Gasteiger partial charge in [0, 0.05) is 5.39 Å². The van der Waals surface area contributed by atoms with Crippen LogP contribution in [0.4, 0.5) is 0 Å². The third-order valence-electron chi connectivity index (χ3n) is 2.20. The van der Waals surface area contributed by atoms with Crippen LogP contribution in [0.3, 0.4) is 0 Å². The third-order valence-corrected chi connectivity index (χ3v) is 3.24. The Bertz CT molecular complexity index is 617. The van der Waals surface area contributed by atoms with Crippen LogP contribution in [0.5, 0.6) is 0 Å². The molecule has 2 aromatic rings. The fourth-order valence-electron chi connectivity index (χ4n) is 1.46. The summed E-state index contributed by atoms with van der Waals surface area (Å²) in [5, 5.41) is 15.8. The topological polar surface area (TPSA) is 76.0 Å². The van der Waals surface area contributed by atoms with E-state index in [1.165, 1.54) is 11.3 Å². The molecule has 0 unspecified atom stereocenters. The molecule has 1 aromatic carbocycles. The van der Waals surface area contributed by atoms with Crippen LogP contribution in [0.1, 0.15) is 4.88 Å². The molecule has 2 rings (SSSR count). The van der Waals surface area contributed by atoms with Crippen molar-refractivity contribution in [2.45, 2.75) is 0 Å². The molecule has 6 heteroatoms. The van der Waals surface area contributed by atoms with E-state index in [1.807, 2.05) is 29.6 Å². The number of carboxylic acids is 1. The van der Waals surface area contributed by atoms with Gasteiger partial charge in [-0.15, -0.1) is 11.3 Å². The molecule has 0 saturated heterocycles. The molecule has 0 spiro atoms. The van der Waals surface area contributed by atoms with Gasteiger partial charge in [0.25, 0.3) is 0 Å². The predicted molar refractivity (Wildman–Crippen MR) is 68.0 cm³/mol. The number of aldehydes is 1. The number of thiophene rings is 1. The lowest BCUT2D eigenvalue weighted by Crippen LogP contribution is -2.07. The molecule has 5 nitrogen and oxygen atoms in total. The van der Waals surface area contributed by atoms with E-state index < -0.39 is 12.6 Å². The second-order valence-electron chi connectivity index (χ2n) is 3.41. The Morgan fingerprint density at radius 1 is 1.44 bits per heavy atom. The molecule has 0 bridgehead atoms. The molecular formula is C12H9NO4S. The molecule has 0 saturated carbocycles. The summed E-state index contributed by atoms with van der Waals surface area (Å²) in [6, 6.07) is 7.56. The molecule has 0 fully saturated rings. The fraction of sp³-hybridized carbons (Fsp3) is 0.0833. The molecule has 1 N–H and O–H groups in total. The number of carbonyl (C=O) groups is 2. The van der Waals surface area contributed by atoms with Crippen LogP contribution in [0, 0.1) is 0 Å². The second-order valence-corrected chi connectivity index (χ2v) is 4.29. The summed E-state index contributed by atoms with van der Waals surface area (Å²) >= 11 is 1.36. The Hall–Kier alpha value is -2.21. The number of benzene rings is 1. The molecule has 0 amide bonds. The maximum atomic E-state index is 11.0. The highest BCUT2D eigenvalue weighted by Crippen LogP contribution is 2.25. The van der Waals surface area contributed by atoms with Gasteiger partial charge in [0.2, 0.25) is 6.61 Å². The molecule has 92 valence electrons. The van der Waals surface area contributed by atoms with Gasteiger partial charge in [-0.1, -0.05) is 29.4 Å². The lowest BCUT2D eigenvalue weighted by molar-refractivity contribution is -0.142. The number of hydrogen-bond acceptors (Lipinski definition) is 5. The van der Waals surface area contributed by atoms with Crippen LogP contribution in [0.15, 0.2) is 34.8 Å². The summed E-state index contributed by atoms with van der Waals surface area (Å²) in [6.45, 7) is -0.569. The smallest absolute Gasteiger partial charge is 0.344 e. The third kappa shape index (κ3) is 2.54. The van der Waals surface area contributed by atoms with Crippen molar-refractivity contribution in [1.82, 2.24) is 0 Å². The van der Waals surface area contributed by atoms with Crippen LogP contribution >= 0.6 is 11.3 Å². The van der Waals surface area contributed by atoms with E-state index in [0.29, 0.717) is 11.2 Å². The van der Waals surface area contributed by atoms with Crippen molar-refractivity contribution in [1.29, 1.82) is 0 Å². The fourth-order valence-corrected chi connectivity index (χ4v) is 2.43. The first-order valence-electron chi connectivity index (χ1n) is 5.06. The van der Waals surface area contributed by atoms with Crippen LogP contribution in [-0.4, -0.2) is 29.7 Å². The predicted octanol–water partition coefficient (Wildman–Crippen LogP) is 1.91. The molecule has 0 atom stereocenters. The minimum Gasteiger partial charge on any atom is -0.479 e. The summed E-state index contributed by atoms with van der Waals surface area (Å²) < 4.78 is 0. The molecule has 1 aromatic heterocycles. The first kappa shape index (κ1) is 12.3. The quantitative estimate of drug-likeness (QED) is 0.508. The van der Waals surface area contributed by atoms with Crippen molar-refractivity contribution in [3.05, 3.63) is 34.5 Å². The van der Waals surface area contributed by atoms with Gasteiger partial charge in [-0.05, 0) is 10.8 Å². The highest BCUT2D eigenvalue weighted by molar-refractivity contribution is 7.14. The van der Waals surface area contributed by atoms with Crippen molar-refractivity contribution in [2.75, 3.05) is 6.61 Å². The van der Waals surface area contributed by atoms with E-state index in [9.17, 15) is 9.59 Å². The lowest BCUT2D eigenvalue weighted by atomic mass is 10.1. The Balaban J connectivity index is 2.32. The number of oxime groups is 1. The molecule has 0 aliphatic heterocycles. The van der Waals surface area contributed by atoms with Crippen LogP contribution < -0.4 is 0 Å². The second kappa shape index (κ2) is 5.42. The number of aliphatic carboxylic acids is 1. The summed E-state index contributed by atoms with van der Waals surface area (Å²) in [6.07, 6.45) is 0.556. The molecule has 0 aliphatic rings. The summed E-state index contributed by atoms with van der Waals surface area (Å²) in [7, 11) is 0. The average molecular weight is 263 g/mol. The van der Waals surface area contributed by atoms with Crippen molar-refractivity contribution >= 4 is 40.1 Å². The molecule has 0 radical (unpaired) electrons. The van der Waals surface area contributed by atoms with E-state index in [-0.39, 0.29) is 5.71 Å². The zero-order valence-corrected chi connectivity index (χ0v) is 10.0. The minimum absolute atomic E-state index is 0.0995. The van der Waals surface area contributed by atoms with Gasteiger partial charge >= 0.3 is 5.97 Å². The monoisotopic (exact) mass is 263 g/mol. The van der Waals surface area contributed by atoms with Gasteiger partial charge in [0.1, 0.15) is 0 Å². The standard InChI is InChI=1S/C12H9NO4S/c14-5-10(13-17-6-11(15)16)12-9-4-2-1-3-8(9)7-18-12/h1-5,7H,6H2,(H,15,16)/b13-10-. The van der Waals surface area contributed by atoms with Gasteiger partial charge in [-0.2, -0.15) is 0 Å². The van der Waals surface area contributed by atoms with E-state index >= 15 is 0 Å². The number of fused-ring (bicyclic) bond motifs is 1. The minimum atomic E-state index is -1.14. The molecule has 1 heterocycles. The van der Waals surface area contributed by atoms with Crippen molar-refractivity contribution in [2.24, 2.45) is 5.16 Å². The Morgan fingerprint density at radius 3 is 2.94 bits per heavy atom. The molecule has 0 aliphatic carbocycles. The summed E-state index contributed by atoms with van der Waals surface area (Å²) in [5.41, 5.74) is 0.0995. The number of hydrogen-bond donors (Lipinski definition) is 1. The van der Waals surface area contributed by atoms with Crippen molar-refractivity contribution in [3.63, 3.8) is 0 Å². The highest BCUT2D eigenvalue weighted by Gasteiger charge is 2.10. The molecular weight excluding hydrogens is 254 g/mol. The Morgan fingerprint density at radius 2 is 2.22 bits per heavy atom. The van der Waals surface area contributed by atoms with E-state index in [4.69, 9.17) is 5.11 Å². The first-order valence-corrected chi connectivity index (χ1v) is 5.94. The van der Waals surface area contributed by atoms with E-state index in [0.717, 1.165) is 10.8 Å². The van der Waals surface area contributed by atoms with Crippen molar-refractivity contribution in [3.8, 4) is 0 Å². The highest BCUT2D eigenvalue weighted by atomic mass is 32.1. The SMILES string of the molecule is O=C/C(=N/OCC(=O)O)c1scc2ccccc12. The van der Waals surface area contributed by atoms with E-state index in [1.54, 1.807) is 0 Å². The Labute approximate surface area is 106 Å². The zero-order chi connectivity index (χ0) is 13.0. The van der Waals surface area contributed by atoms with Gasteiger partial charge in [0.05, 0.1) is 4.88 Å². The van der Waals surface area contributed by atoms with Gasteiger partial charge in [0.15, 0.2) is 12.0 Å². The summed E-state index contributed by atoms with van der Waals surface area (Å²) in [4.78, 5) is 26.5. The molecule has 18 heavy (non-hydrogen) atoms. The number of nitrogens with zero attached hydrogens (tertiary/aromatic N) is 1. The maximum Gasteiger partial charge on any atom is 0.344 e. The van der Waals surface area contributed by atoms with Crippen molar-refractivity contribution < 1.29 is 19.5 Å². The van der Waals surface area contributed by atoms with Gasteiger partial charge < -0.3 is 9.94 Å². The number of carbonyl (C=O) groups excluding carboxylic acids is 1. The first-order chi connectivity index (χ1) is 8.72. The normalized spacial score (nSPS) is 11.4. The van der Waals surface area contributed by atoms with Crippen LogP contribution in [0.2, 0.25) is 0 Å². The number of rotatable bonds is 5. The largest absolute Gasteiger partial charge is 0.479 e. The van der Waals surface area contributed by atoms with Crippen LogP contribution in [-0.2, 0) is 14.4 Å². The zero-order valence-electron chi connectivity index (χ0n) is 9.20. The maximum absolute atomic E-state index is 11.0.